The minimum Gasteiger partial charge on any atom is -0.505 e. The van der Waals surface area contributed by atoms with Crippen molar-refractivity contribution in [1.82, 2.24) is 25.4 Å². The fourth-order valence-electron chi connectivity index (χ4n) is 5.06. The third-order valence-electron chi connectivity index (χ3n) is 7.36. The maximum absolute atomic E-state index is 14.0. The number of aromatic hydroxyl groups is 1. The molecule has 3 fully saturated rings. The number of alkyl halides is 3. The average Bonchev–Trinajstić information content (AvgIpc) is 3.37. The Morgan fingerprint density at radius 3 is 2.33 bits per heavy atom. The van der Waals surface area contributed by atoms with E-state index < -0.39 is 40.7 Å². The molecule has 3 aliphatic carbocycles. The van der Waals surface area contributed by atoms with Gasteiger partial charge in [0.05, 0.1) is 18.0 Å². The monoisotopic (exact) mass is 509 g/mol. The summed E-state index contributed by atoms with van der Waals surface area (Å²) >= 11 is 0. The summed E-state index contributed by atoms with van der Waals surface area (Å²) in [6, 6.07) is 1.23. The first-order chi connectivity index (χ1) is 17.0. The quantitative estimate of drug-likeness (QED) is 0.485. The summed E-state index contributed by atoms with van der Waals surface area (Å²) in [4.78, 5) is 24.0. The van der Waals surface area contributed by atoms with Gasteiger partial charge in [0.15, 0.2) is 17.3 Å². The normalized spacial score (nSPS) is 23.6. The largest absolute Gasteiger partial charge is 0.505 e. The third-order valence-corrected chi connectivity index (χ3v) is 7.36. The van der Waals surface area contributed by atoms with Crippen LogP contribution >= 0.6 is 0 Å². The second-order valence-electron chi connectivity index (χ2n) is 9.45. The summed E-state index contributed by atoms with van der Waals surface area (Å²) in [5, 5.41) is 15.8. The first-order valence-electron chi connectivity index (χ1n) is 11.2. The minimum absolute atomic E-state index is 0.0541. The second-order valence-corrected chi connectivity index (χ2v) is 9.45. The van der Waals surface area contributed by atoms with Crippen LogP contribution in [0.4, 0.5) is 22.0 Å². The van der Waals surface area contributed by atoms with Crippen molar-refractivity contribution < 1.29 is 36.4 Å². The van der Waals surface area contributed by atoms with E-state index in [0.29, 0.717) is 43.5 Å². The molecule has 0 radical (unpaired) electrons. The van der Waals surface area contributed by atoms with Gasteiger partial charge in [-0.2, -0.15) is 18.2 Å². The summed E-state index contributed by atoms with van der Waals surface area (Å²) in [6.45, 7) is 0.278. The molecule has 1 amide bonds. The molecule has 0 saturated heterocycles. The van der Waals surface area contributed by atoms with Crippen LogP contribution in [0.1, 0.15) is 60.5 Å². The Hall–Kier alpha value is -3.64. The van der Waals surface area contributed by atoms with Crippen LogP contribution in [0.3, 0.4) is 0 Å². The number of carbonyl (C=O) groups excluding carboxylic acids is 1. The molecule has 1 aromatic carbocycles. The lowest BCUT2D eigenvalue weighted by Crippen LogP contribution is -2.49. The maximum atomic E-state index is 14.0. The van der Waals surface area contributed by atoms with E-state index in [9.17, 15) is 31.9 Å². The molecule has 2 N–H and O–H groups in total. The van der Waals surface area contributed by atoms with E-state index in [4.69, 9.17) is 4.52 Å². The van der Waals surface area contributed by atoms with Crippen LogP contribution in [0.15, 0.2) is 29.0 Å². The van der Waals surface area contributed by atoms with Gasteiger partial charge in [0.25, 0.3) is 5.91 Å². The third kappa shape index (κ3) is 4.26. The highest BCUT2D eigenvalue weighted by molar-refractivity contribution is 5.94. The first-order valence-corrected chi connectivity index (χ1v) is 11.2. The predicted octanol–water partition coefficient (Wildman–Crippen LogP) is 4.55. The number of nitrogens with one attached hydrogen (secondary N) is 1. The molecule has 13 heteroatoms. The summed E-state index contributed by atoms with van der Waals surface area (Å²) in [7, 11) is 0. The van der Waals surface area contributed by atoms with Crippen molar-refractivity contribution in [2.75, 3.05) is 6.54 Å². The molecule has 0 spiro atoms. The number of phenols is 1. The predicted molar refractivity (Wildman–Crippen MR) is 112 cm³/mol. The van der Waals surface area contributed by atoms with Gasteiger partial charge in [0.1, 0.15) is 11.5 Å². The fraction of sp³-hybridized carbons (Fsp3) is 0.435. The van der Waals surface area contributed by atoms with Gasteiger partial charge in [-0.05, 0) is 50.0 Å². The molecular weight excluding hydrogens is 489 g/mol. The van der Waals surface area contributed by atoms with Gasteiger partial charge in [0.2, 0.25) is 11.7 Å². The topological polar surface area (TPSA) is 114 Å². The molecule has 8 nitrogen and oxygen atoms in total. The van der Waals surface area contributed by atoms with Gasteiger partial charge >= 0.3 is 6.18 Å². The minimum atomic E-state index is -4.60. The Labute approximate surface area is 201 Å². The number of benzene rings is 1. The number of rotatable bonds is 5. The molecule has 2 aromatic heterocycles. The van der Waals surface area contributed by atoms with E-state index in [1.165, 1.54) is 0 Å². The number of carbonyl (C=O) groups is 1. The molecule has 0 aliphatic heterocycles. The molecular formula is C23H20F5N5O3. The average molecular weight is 509 g/mol. The summed E-state index contributed by atoms with van der Waals surface area (Å²) < 4.78 is 71.2. The highest BCUT2D eigenvalue weighted by Gasteiger charge is 2.52. The standard InChI is InChI=1S/C23H20F5N5O3/c24-13-8-16(34)14(25)7-12(13)19(35)31-11-21-1-4-22(5-2-21,6-3-21)20-32-18(33-36-20)15-9-30-17(10-29-15)23(26,27)28/h7-10,34H,1-6,11H2,(H,31,35). The fourth-order valence-corrected chi connectivity index (χ4v) is 5.06. The Balaban J connectivity index is 1.24. The van der Waals surface area contributed by atoms with Crippen LogP contribution in [-0.2, 0) is 11.6 Å². The number of phenolic OH excluding ortho intramolecular Hbond substituents is 1. The summed E-state index contributed by atoms with van der Waals surface area (Å²) in [5.41, 5.74) is -2.13. The molecule has 3 aromatic rings. The molecule has 190 valence electrons. The van der Waals surface area contributed by atoms with Crippen LogP contribution < -0.4 is 5.32 Å². The Morgan fingerprint density at radius 1 is 1.03 bits per heavy atom. The molecule has 3 aliphatic rings. The molecule has 0 atom stereocenters. The van der Waals surface area contributed by atoms with E-state index in [0.717, 1.165) is 25.5 Å². The number of nitrogens with zero attached hydrogens (tertiary/aromatic N) is 4. The van der Waals surface area contributed by atoms with Crippen molar-refractivity contribution in [1.29, 1.82) is 0 Å². The smallest absolute Gasteiger partial charge is 0.434 e. The lowest BCUT2D eigenvalue weighted by atomic mass is 9.53. The van der Waals surface area contributed by atoms with E-state index >= 15 is 0 Å². The number of fused-ring (bicyclic) bond motifs is 3. The zero-order valence-electron chi connectivity index (χ0n) is 18.7. The number of amides is 1. The Morgan fingerprint density at radius 2 is 1.72 bits per heavy atom. The van der Waals surface area contributed by atoms with Gasteiger partial charge < -0.3 is 14.9 Å². The number of aromatic nitrogens is 4. The lowest BCUT2D eigenvalue weighted by Gasteiger charge is -2.51. The Bertz CT molecular complexity index is 1280. The molecule has 2 bridgehead atoms. The number of hydrogen-bond donors (Lipinski definition) is 2. The molecule has 36 heavy (non-hydrogen) atoms. The summed E-state index contributed by atoms with van der Waals surface area (Å²) in [6.07, 6.45) is 1.19. The van der Waals surface area contributed by atoms with Gasteiger partial charge in [-0.15, -0.1) is 0 Å². The van der Waals surface area contributed by atoms with Crippen LogP contribution in [0, 0.1) is 17.0 Å². The molecule has 3 saturated carbocycles. The van der Waals surface area contributed by atoms with Crippen LogP contribution in [0.5, 0.6) is 5.75 Å². The maximum Gasteiger partial charge on any atom is 0.434 e. The van der Waals surface area contributed by atoms with E-state index in [2.05, 4.69) is 25.4 Å². The number of halogens is 5. The van der Waals surface area contributed by atoms with Crippen molar-refractivity contribution in [3.8, 4) is 17.3 Å². The van der Waals surface area contributed by atoms with Gasteiger partial charge in [-0.1, -0.05) is 5.16 Å². The van der Waals surface area contributed by atoms with Crippen LogP contribution in [-0.4, -0.2) is 37.7 Å². The lowest BCUT2D eigenvalue weighted by molar-refractivity contribution is -0.141. The van der Waals surface area contributed by atoms with E-state index in [1.807, 2.05) is 0 Å². The SMILES string of the molecule is O=C(NCC12CCC(c3nc(-c4cnc(C(F)(F)F)cn4)no3)(CC1)CC2)c1cc(F)c(O)cc1F. The van der Waals surface area contributed by atoms with E-state index in [1.54, 1.807) is 0 Å². The molecule has 0 unspecified atom stereocenters. The van der Waals surface area contributed by atoms with Crippen molar-refractivity contribution in [2.24, 2.45) is 5.41 Å². The highest BCUT2D eigenvalue weighted by atomic mass is 19.4. The zero-order chi connectivity index (χ0) is 25.7. The van der Waals surface area contributed by atoms with Gasteiger partial charge in [-0.3, -0.25) is 4.79 Å². The van der Waals surface area contributed by atoms with Crippen LogP contribution in [0.25, 0.3) is 11.5 Å². The first kappa shape index (κ1) is 24.1. The van der Waals surface area contributed by atoms with E-state index in [-0.39, 0.29) is 28.9 Å². The summed E-state index contributed by atoms with van der Waals surface area (Å²) in [5.74, 6) is -3.28. The van der Waals surface area contributed by atoms with Crippen molar-refractivity contribution in [3.63, 3.8) is 0 Å². The highest BCUT2D eigenvalue weighted by Crippen LogP contribution is 2.57. The number of hydrogen-bond acceptors (Lipinski definition) is 7. The molecule has 6 rings (SSSR count). The van der Waals surface area contributed by atoms with Gasteiger partial charge in [-0.25, -0.2) is 18.7 Å². The van der Waals surface area contributed by atoms with Crippen LogP contribution in [0.2, 0.25) is 0 Å². The van der Waals surface area contributed by atoms with Crippen molar-refractivity contribution in [2.45, 2.75) is 50.1 Å². The Kier molecular flexibility index (Phi) is 5.67. The molecule has 2 heterocycles. The second kappa shape index (κ2) is 8.49. The van der Waals surface area contributed by atoms with Gasteiger partial charge in [0, 0.05) is 18.0 Å². The van der Waals surface area contributed by atoms with Crippen molar-refractivity contribution in [3.05, 3.63) is 53.3 Å². The van der Waals surface area contributed by atoms with Crippen molar-refractivity contribution >= 4 is 5.91 Å². The zero-order valence-corrected chi connectivity index (χ0v) is 18.7.